The van der Waals surface area contributed by atoms with Crippen molar-refractivity contribution in [2.24, 2.45) is 5.92 Å². The standard InChI is InChI=1S/C10H17NO4/c1-10(2,3)15-9(14)11-4-7(6-12)8(13)5-11/h6-8,13H,4-5H2,1-3H3/t7-,8-/m1/s1. The number of nitrogens with zero attached hydrogens (tertiary/aromatic N) is 1. The molecular formula is C10H17NO4. The molecule has 1 heterocycles. The number of aliphatic hydroxyl groups is 1. The van der Waals surface area contributed by atoms with Crippen LogP contribution in [0.5, 0.6) is 0 Å². The van der Waals surface area contributed by atoms with E-state index in [9.17, 15) is 14.7 Å². The Bertz CT molecular complexity index is 259. The van der Waals surface area contributed by atoms with Gasteiger partial charge in [0.25, 0.3) is 0 Å². The summed E-state index contributed by atoms with van der Waals surface area (Å²) in [5.74, 6) is -0.488. The Morgan fingerprint density at radius 1 is 1.47 bits per heavy atom. The number of carbonyl (C=O) groups excluding carboxylic acids is 2. The summed E-state index contributed by atoms with van der Waals surface area (Å²) in [4.78, 5) is 23.4. The molecule has 15 heavy (non-hydrogen) atoms. The molecule has 1 rings (SSSR count). The van der Waals surface area contributed by atoms with Crippen LogP contribution in [0.1, 0.15) is 20.8 Å². The zero-order valence-electron chi connectivity index (χ0n) is 9.27. The fraction of sp³-hybridized carbons (Fsp3) is 0.800. The maximum atomic E-state index is 11.5. The molecule has 0 spiro atoms. The molecular weight excluding hydrogens is 198 g/mol. The van der Waals surface area contributed by atoms with Crippen LogP contribution in [0.25, 0.3) is 0 Å². The van der Waals surface area contributed by atoms with Crippen LogP contribution in [-0.2, 0) is 9.53 Å². The van der Waals surface area contributed by atoms with E-state index >= 15 is 0 Å². The van der Waals surface area contributed by atoms with Gasteiger partial charge in [0.05, 0.1) is 18.6 Å². The van der Waals surface area contributed by atoms with Crippen molar-refractivity contribution in [3.63, 3.8) is 0 Å². The number of hydrogen-bond donors (Lipinski definition) is 1. The molecule has 0 aromatic rings. The van der Waals surface area contributed by atoms with Crippen molar-refractivity contribution in [2.45, 2.75) is 32.5 Å². The lowest BCUT2D eigenvalue weighted by Gasteiger charge is -2.24. The van der Waals surface area contributed by atoms with Crippen LogP contribution in [0, 0.1) is 5.92 Å². The van der Waals surface area contributed by atoms with Gasteiger partial charge >= 0.3 is 6.09 Å². The zero-order chi connectivity index (χ0) is 11.6. The second-order valence-corrected chi connectivity index (χ2v) is 4.75. The number of aldehydes is 1. The molecule has 0 aromatic carbocycles. The van der Waals surface area contributed by atoms with Gasteiger partial charge in [-0.3, -0.25) is 0 Å². The fourth-order valence-electron chi connectivity index (χ4n) is 1.42. The van der Waals surface area contributed by atoms with Gasteiger partial charge < -0.3 is 19.5 Å². The first-order chi connectivity index (χ1) is 6.83. The SMILES string of the molecule is CC(C)(C)OC(=O)N1C[C@@H](O)[C@@H](C=O)C1. The van der Waals surface area contributed by atoms with Gasteiger partial charge in [-0.05, 0) is 20.8 Å². The molecule has 0 radical (unpaired) electrons. The van der Waals surface area contributed by atoms with E-state index in [2.05, 4.69) is 0 Å². The number of hydrogen-bond acceptors (Lipinski definition) is 4. The number of β-amino-alcohol motifs (C(OH)–C–C–N with tert-alkyl or cyclic N) is 1. The van der Waals surface area contributed by atoms with E-state index < -0.39 is 23.7 Å². The highest BCUT2D eigenvalue weighted by Gasteiger charge is 2.35. The van der Waals surface area contributed by atoms with Crippen molar-refractivity contribution in [3.8, 4) is 0 Å². The first-order valence-electron chi connectivity index (χ1n) is 4.95. The van der Waals surface area contributed by atoms with E-state index in [-0.39, 0.29) is 13.1 Å². The highest BCUT2D eigenvalue weighted by Crippen LogP contribution is 2.18. The lowest BCUT2D eigenvalue weighted by molar-refractivity contribution is -0.112. The highest BCUT2D eigenvalue weighted by molar-refractivity contribution is 5.70. The number of ether oxygens (including phenoxy) is 1. The largest absolute Gasteiger partial charge is 0.444 e. The summed E-state index contributed by atoms with van der Waals surface area (Å²) in [5.41, 5.74) is -0.554. The van der Waals surface area contributed by atoms with Crippen LogP contribution in [-0.4, -0.2) is 47.2 Å². The van der Waals surface area contributed by atoms with Gasteiger partial charge in [0.2, 0.25) is 0 Å². The van der Waals surface area contributed by atoms with Crippen LogP contribution < -0.4 is 0 Å². The first kappa shape index (κ1) is 12.0. The van der Waals surface area contributed by atoms with E-state index in [1.807, 2.05) is 0 Å². The third-order valence-corrected chi connectivity index (χ3v) is 2.16. The number of carbonyl (C=O) groups is 2. The Hall–Kier alpha value is -1.10. The molecule has 1 aliphatic heterocycles. The Balaban J connectivity index is 2.53. The number of amides is 1. The van der Waals surface area contributed by atoms with Crippen LogP contribution >= 0.6 is 0 Å². The van der Waals surface area contributed by atoms with Gasteiger partial charge in [-0.25, -0.2) is 4.79 Å². The molecule has 1 aliphatic rings. The highest BCUT2D eigenvalue weighted by atomic mass is 16.6. The summed E-state index contributed by atoms with van der Waals surface area (Å²) in [6.07, 6.45) is -0.574. The summed E-state index contributed by atoms with van der Waals surface area (Å²) in [6, 6.07) is 0. The van der Waals surface area contributed by atoms with E-state index in [1.54, 1.807) is 20.8 Å². The van der Waals surface area contributed by atoms with Crippen molar-refractivity contribution in [3.05, 3.63) is 0 Å². The molecule has 1 amide bonds. The van der Waals surface area contributed by atoms with Crippen molar-refractivity contribution in [1.82, 2.24) is 4.90 Å². The molecule has 0 aromatic heterocycles. The van der Waals surface area contributed by atoms with Gasteiger partial charge in [0.15, 0.2) is 0 Å². The van der Waals surface area contributed by atoms with Crippen LogP contribution in [0.2, 0.25) is 0 Å². The van der Waals surface area contributed by atoms with Crippen LogP contribution in [0.15, 0.2) is 0 Å². The maximum absolute atomic E-state index is 11.5. The van der Waals surface area contributed by atoms with E-state index in [1.165, 1.54) is 4.90 Å². The molecule has 1 saturated heterocycles. The minimum atomic E-state index is -0.769. The summed E-state index contributed by atoms with van der Waals surface area (Å²) >= 11 is 0. The van der Waals surface area contributed by atoms with Gasteiger partial charge in [0.1, 0.15) is 11.9 Å². The van der Waals surface area contributed by atoms with Crippen LogP contribution in [0.4, 0.5) is 4.79 Å². The molecule has 0 unspecified atom stereocenters. The number of aliphatic hydroxyl groups excluding tert-OH is 1. The van der Waals surface area contributed by atoms with Gasteiger partial charge in [-0.15, -0.1) is 0 Å². The predicted octanol–water partition coefficient (Wildman–Crippen LogP) is 0.413. The molecule has 1 N–H and O–H groups in total. The second kappa shape index (κ2) is 4.18. The Kier molecular flexibility index (Phi) is 3.34. The molecule has 0 aliphatic carbocycles. The van der Waals surface area contributed by atoms with Gasteiger partial charge in [-0.1, -0.05) is 0 Å². The summed E-state index contributed by atoms with van der Waals surface area (Å²) < 4.78 is 5.12. The summed E-state index contributed by atoms with van der Waals surface area (Å²) in [6.45, 7) is 5.72. The van der Waals surface area contributed by atoms with Crippen LogP contribution in [0.3, 0.4) is 0 Å². The monoisotopic (exact) mass is 215 g/mol. The summed E-state index contributed by atoms with van der Waals surface area (Å²) in [7, 11) is 0. The Morgan fingerprint density at radius 2 is 2.07 bits per heavy atom. The molecule has 1 fully saturated rings. The second-order valence-electron chi connectivity index (χ2n) is 4.75. The van der Waals surface area contributed by atoms with Crippen molar-refractivity contribution in [2.75, 3.05) is 13.1 Å². The smallest absolute Gasteiger partial charge is 0.410 e. The number of rotatable bonds is 1. The number of likely N-dealkylation sites (tertiary alicyclic amines) is 1. The lowest BCUT2D eigenvalue weighted by atomic mass is 10.1. The molecule has 0 bridgehead atoms. The lowest BCUT2D eigenvalue weighted by Crippen LogP contribution is -2.35. The van der Waals surface area contributed by atoms with E-state index in [0.717, 1.165) is 0 Å². The molecule has 2 atom stereocenters. The first-order valence-corrected chi connectivity index (χ1v) is 4.95. The maximum Gasteiger partial charge on any atom is 0.410 e. The average molecular weight is 215 g/mol. The Morgan fingerprint density at radius 3 is 2.47 bits per heavy atom. The average Bonchev–Trinajstić information content (AvgIpc) is 2.43. The quantitative estimate of drug-likeness (QED) is 0.643. The third-order valence-electron chi connectivity index (χ3n) is 2.16. The molecule has 86 valence electrons. The van der Waals surface area contributed by atoms with Crippen molar-refractivity contribution in [1.29, 1.82) is 0 Å². The zero-order valence-corrected chi connectivity index (χ0v) is 9.27. The van der Waals surface area contributed by atoms with E-state index in [4.69, 9.17) is 4.74 Å². The van der Waals surface area contributed by atoms with Crippen molar-refractivity contribution >= 4 is 12.4 Å². The van der Waals surface area contributed by atoms with Crippen molar-refractivity contribution < 1.29 is 19.4 Å². The molecule has 5 heteroatoms. The minimum Gasteiger partial charge on any atom is -0.444 e. The Labute approximate surface area is 89.0 Å². The van der Waals surface area contributed by atoms with Gasteiger partial charge in [0, 0.05) is 6.54 Å². The summed E-state index contributed by atoms with van der Waals surface area (Å²) in [5, 5.41) is 9.43. The fourth-order valence-corrected chi connectivity index (χ4v) is 1.42. The normalized spacial score (nSPS) is 26.5. The topological polar surface area (TPSA) is 66.8 Å². The minimum absolute atomic E-state index is 0.165. The predicted molar refractivity (Wildman–Crippen MR) is 53.4 cm³/mol. The third kappa shape index (κ3) is 3.20. The molecule has 0 saturated carbocycles. The van der Waals surface area contributed by atoms with Gasteiger partial charge in [-0.2, -0.15) is 0 Å². The van der Waals surface area contributed by atoms with E-state index in [0.29, 0.717) is 6.29 Å². The molecule has 5 nitrogen and oxygen atoms in total.